The summed E-state index contributed by atoms with van der Waals surface area (Å²) in [6.07, 6.45) is 12.3. The van der Waals surface area contributed by atoms with Crippen molar-refractivity contribution in [3.63, 3.8) is 0 Å². The smallest absolute Gasteiger partial charge is 0.129 e. The Morgan fingerprint density at radius 2 is 1.05 bits per heavy atom. The van der Waals surface area contributed by atoms with Crippen molar-refractivity contribution in [2.24, 2.45) is 16.2 Å². The number of rotatable bonds is 9. The maximum Gasteiger partial charge on any atom is 0.129 e. The summed E-state index contributed by atoms with van der Waals surface area (Å²) < 4.78 is 0. The lowest BCUT2D eigenvalue weighted by Gasteiger charge is -2.25. The molecule has 0 aliphatic carbocycles. The fourth-order valence-electron chi connectivity index (χ4n) is 4.20. The molecule has 3 rings (SSSR count). The van der Waals surface area contributed by atoms with Crippen molar-refractivity contribution < 1.29 is 14.9 Å². The third kappa shape index (κ3) is 26.9. The molecule has 38 heavy (non-hydrogen) atoms. The zero-order chi connectivity index (χ0) is 27.6. The van der Waals surface area contributed by atoms with E-state index in [1.807, 2.05) is 13.8 Å². The Bertz CT molecular complexity index is 544. The lowest BCUT2D eigenvalue weighted by molar-refractivity contribution is 0.0979. The van der Waals surface area contributed by atoms with Gasteiger partial charge in [-0.05, 0) is 105 Å². The molecule has 0 atom stereocenters. The number of alkyl halides is 1. The van der Waals surface area contributed by atoms with Gasteiger partial charge in [0.25, 0.3) is 0 Å². The number of hydrogen-bond donors (Lipinski definition) is 2. The number of nitrogens with zero attached hydrogens (tertiary/aromatic N) is 5. The van der Waals surface area contributed by atoms with Crippen molar-refractivity contribution >= 4 is 35.4 Å². The molecule has 228 valence electrons. The summed E-state index contributed by atoms with van der Waals surface area (Å²) in [4.78, 5) is 16.9. The van der Waals surface area contributed by atoms with Crippen molar-refractivity contribution in [3.05, 3.63) is 0 Å². The molecule has 0 radical (unpaired) electrons. The molecule has 11 heteroatoms. The number of likely N-dealkylation sites (tertiary alicyclic amines) is 3. The molecule has 0 aromatic rings. The summed E-state index contributed by atoms with van der Waals surface area (Å²) in [6.45, 7) is 19.3. The zero-order valence-corrected chi connectivity index (χ0v) is 26.3. The van der Waals surface area contributed by atoms with Crippen molar-refractivity contribution in [2.75, 3.05) is 78.0 Å². The van der Waals surface area contributed by atoms with E-state index in [1.54, 1.807) is 13.8 Å². The van der Waals surface area contributed by atoms with Gasteiger partial charge < -0.3 is 24.7 Å². The van der Waals surface area contributed by atoms with Gasteiger partial charge in [-0.25, -0.2) is 5.90 Å². The Labute approximate surface area is 244 Å². The lowest BCUT2D eigenvalue weighted by Crippen LogP contribution is -2.33. The SMILES string of the molecule is CC(C)=NO.CC(C)=NOCCN1CCCCC1.Cl.ClCCN1CCCCC1.NOCCN1CCCCC1. The van der Waals surface area contributed by atoms with Crippen molar-refractivity contribution in [3.8, 4) is 0 Å². The number of halogens is 2. The van der Waals surface area contributed by atoms with E-state index in [0.29, 0.717) is 12.3 Å². The van der Waals surface area contributed by atoms with Crippen molar-refractivity contribution in [2.45, 2.75) is 85.5 Å². The Balaban J connectivity index is 0. The van der Waals surface area contributed by atoms with Crippen LogP contribution in [0.25, 0.3) is 0 Å². The molecule has 3 fully saturated rings. The third-order valence-corrected chi connectivity index (χ3v) is 6.39. The highest BCUT2D eigenvalue weighted by Crippen LogP contribution is 2.09. The molecule has 0 aromatic carbocycles. The van der Waals surface area contributed by atoms with E-state index in [0.717, 1.165) is 37.8 Å². The predicted octanol–water partition coefficient (Wildman–Crippen LogP) is 5.24. The number of nitrogens with two attached hydrogens (primary N) is 1. The molecule has 0 aromatic heterocycles. The van der Waals surface area contributed by atoms with Crippen LogP contribution in [0.1, 0.15) is 85.5 Å². The maximum absolute atomic E-state index is 7.73. The quantitative estimate of drug-likeness (QED) is 0.126. The molecule has 0 unspecified atom stereocenters. The number of hydrogen-bond acceptors (Lipinski definition) is 9. The molecular weight excluding hydrogens is 527 g/mol. The summed E-state index contributed by atoms with van der Waals surface area (Å²) in [5.41, 5.74) is 1.67. The van der Waals surface area contributed by atoms with Crippen LogP contribution in [0, 0.1) is 0 Å². The average molecular weight is 586 g/mol. The Morgan fingerprint density at radius 3 is 1.37 bits per heavy atom. The van der Waals surface area contributed by atoms with Gasteiger partial charge in [-0.1, -0.05) is 29.6 Å². The first-order chi connectivity index (χ1) is 17.9. The van der Waals surface area contributed by atoms with Gasteiger partial charge in [-0.15, -0.1) is 24.0 Å². The van der Waals surface area contributed by atoms with Gasteiger partial charge in [-0.3, -0.25) is 4.90 Å². The van der Waals surface area contributed by atoms with Gasteiger partial charge in [-0.2, -0.15) is 0 Å². The summed E-state index contributed by atoms with van der Waals surface area (Å²) >= 11 is 5.59. The van der Waals surface area contributed by atoms with Crippen LogP contribution in [0.4, 0.5) is 0 Å². The molecule has 0 amide bonds. The Kier molecular flexibility index (Phi) is 30.4. The molecule has 0 saturated carbocycles. The topological polar surface area (TPSA) is 99.2 Å². The predicted molar refractivity (Wildman–Crippen MR) is 164 cm³/mol. The molecule has 3 aliphatic rings. The van der Waals surface area contributed by atoms with Crippen LogP contribution < -0.4 is 5.90 Å². The first-order valence-corrected chi connectivity index (χ1v) is 14.8. The van der Waals surface area contributed by atoms with E-state index in [9.17, 15) is 0 Å². The molecular formula is C27H58Cl2N6O3. The normalized spacial score (nSPS) is 18.1. The monoisotopic (exact) mass is 584 g/mol. The van der Waals surface area contributed by atoms with Crippen molar-refractivity contribution in [1.29, 1.82) is 0 Å². The van der Waals surface area contributed by atoms with Crippen LogP contribution >= 0.6 is 24.0 Å². The molecule has 3 N–H and O–H groups in total. The van der Waals surface area contributed by atoms with Crippen LogP contribution in [0.2, 0.25) is 0 Å². The van der Waals surface area contributed by atoms with Crippen LogP contribution in [0.15, 0.2) is 10.3 Å². The van der Waals surface area contributed by atoms with Gasteiger partial charge in [0.05, 0.1) is 18.0 Å². The highest BCUT2D eigenvalue weighted by molar-refractivity contribution is 6.18. The molecule has 0 spiro atoms. The summed E-state index contributed by atoms with van der Waals surface area (Å²) in [5, 5.41) is 14.4. The summed E-state index contributed by atoms with van der Waals surface area (Å²) in [5.74, 6) is 5.71. The Morgan fingerprint density at radius 1 is 0.684 bits per heavy atom. The Hall–Kier alpha value is -0.680. The highest BCUT2D eigenvalue weighted by atomic mass is 35.5. The van der Waals surface area contributed by atoms with E-state index in [-0.39, 0.29) is 12.4 Å². The van der Waals surface area contributed by atoms with E-state index < -0.39 is 0 Å². The van der Waals surface area contributed by atoms with E-state index >= 15 is 0 Å². The minimum atomic E-state index is 0. The van der Waals surface area contributed by atoms with Crippen molar-refractivity contribution in [1.82, 2.24) is 14.7 Å². The molecule has 9 nitrogen and oxygen atoms in total. The fraction of sp³-hybridized carbons (Fsp3) is 0.926. The summed E-state index contributed by atoms with van der Waals surface area (Å²) in [7, 11) is 0. The van der Waals surface area contributed by atoms with Gasteiger partial charge in [0.2, 0.25) is 0 Å². The van der Waals surface area contributed by atoms with E-state index in [2.05, 4.69) is 29.8 Å². The molecule has 0 bridgehead atoms. The van der Waals surface area contributed by atoms with Gasteiger partial charge in [0.15, 0.2) is 0 Å². The minimum Gasteiger partial charge on any atom is -0.411 e. The van der Waals surface area contributed by atoms with Crippen LogP contribution in [-0.4, -0.2) is 109 Å². The van der Waals surface area contributed by atoms with Crippen LogP contribution in [-0.2, 0) is 9.68 Å². The lowest BCUT2D eigenvalue weighted by atomic mass is 10.1. The van der Waals surface area contributed by atoms with Gasteiger partial charge in [0, 0.05) is 25.5 Å². The maximum atomic E-state index is 7.73. The average Bonchev–Trinajstić information content (AvgIpc) is 2.93. The number of piperidine rings is 3. The van der Waals surface area contributed by atoms with Crippen LogP contribution in [0.5, 0.6) is 0 Å². The third-order valence-electron chi connectivity index (χ3n) is 6.22. The second kappa shape index (κ2) is 29.3. The molecule has 3 aliphatic heterocycles. The molecule has 3 saturated heterocycles. The zero-order valence-electron chi connectivity index (χ0n) is 24.7. The van der Waals surface area contributed by atoms with Gasteiger partial charge >= 0.3 is 0 Å². The first kappa shape index (κ1) is 39.5. The molecule has 3 heterocycles. The van der Waals surface area contributed by atoms with E-state index in [1.165, 1.54) is 97.1 Å². The second-order valence-corrected chi connectivity index (χ2v) is 10.6. The largest absolute Gasteiger partial charge is 0.411 e. The second-order valence-electron chi connectivity index (χ2n) is 10.2. The standard InChI is InChI=1S/C10H20N2O.C7H14ClN.C7H16N2O.C3H7NO.ClH/c1-10(2)11-13-9-8-12-6-4-3-5-7-12;8-4-7-9-5-2-1-3-6-9;8-10-7-6-9-4-2-1-3-5-9;1-3(2)4-5;/h3-9H2,1-2H3;1-7H2;1-8H2;5H,1-2H3;1H. The summed E-state index contributed by atoms with van der Waals surface area (Å²) in [6, 6.07) is 0. The van der Waals surface area contributed by atoms with Gasteiger partial charge in [0.1, 0.15) is 6.61 Å². The first-order valence-electron chi connectivity index (χ1n) is 14.3. The van der Waals surface area contributed by atoms with E-state index in [4.69, 9.17) is 27.5 Å². The fourth-order valence-corrected chi connectivity index (χ4v) is 4.43. The number of oxime groups is 2. The highest BCUT2D eigenvalue weighted by Gasteiger charge is 2.10. The van der Waals surface area contributed by atoms with Crippen LogP contribution in [0.3, 0.4) is 0 Å². The minimum absolute atomic E-state index is 0.